The summed E-state index contributed by atoms with van der Waals surface area (Å²) in [6, 6.07) is 9.40. The molecule has 0 aliphatic carbocycles. The molecule has 0 saturated carbocycles. The first-order valence-corrected chi connectivity index (χ1v) is 7.70. The molecule has 2 aromatic rings. The van der Waals surface area contributed by atoms with Crippen molar-refractivity contribution in [1.29, 1.82) is 0 Å². The molecule has 0 atom stereocenters. The van der Waals surface area contributed by atoms with Crippen LogP contribution in [0.4, 0.5) is 0 Å². The van der Waals surface area contributed by atoms with E-state index in [0.717, 1.165) is 5.69 Å². The molecule has 1 aromatic carbocycles. The van der Waals surface area contributed by atoms with Gasteiger partial charge in [-0.1, -0.05) is 25.1 Å². The van der Waals surface area contributed by atoms with E-state index in [2.05, 4.69) is 5.10 Å². The SMILES string of the molecule is CCCN(CC(=O)O)C(=O)c1cnn(-c2ccccc2)c1COC. The molecule has 1 N–H and O–H groups in total. The minimum atomic E-state index is -1.04. The number of amides is 1. The Morgan fingerprint density at radius 3 is 2.58 bits per heavy atom. The quantitative estimate of drug-likeness (QED) is 0.799. The van der Waals surface area contributed by atoms with E-state index >= 15 is 0 Å². The van der Waals surface area contributed by atoms with Crippen LogP contribution < -0.4 is 0 Å². The molecule has 0 unspecified atom stereocenters. The van der Waals surface area contributed by atoms with E-state index in [9.17, 15) is 9.59 Å². The lowest BCUT2D eigenvalue weighted by Crippen LogP contribution is -2.36. The van der Waals surface area contributed by atoms with Crippen molar-refractivity contribution in [2.45, 2.75) is 20.0 Å². The Kier molecular flexibility index (Phi) is 6.08. The van der Waals surface area contributed by atoms with Crippen LogP contribution in [-0.4, -0.2) is 51.9 Å². The number of carbonyl (C=O) groups is 2. The molecule has 24 heavy (non-hydrogen) atoms. The van der Waals surface area contributed by atoms with Crippen LogP contribution in [0.25, 0.3) is 5.69 Å². The fraction of sp³-hybridized carbons (Fsp3) is 0.353. The van der Waals surface area contributed by atoms with E-state index in [4.69, 9.17) is 9.84 Å². The second-order valence-electron chi connectivity index (χ2n) is 5.31. The highest BCUT2D eigenvalue weighted by atomic mass is 16.5. The molecule has 0 aliphatic heterocycles. The van der Waals surface area contributed by atoms with E-state index in [-0.39, 0.29) is 19.1 Å². The van der Waals surface area contributed by atoms with Crippen LogP contribution in [0.5, 0.6) is 0 Å². The maximum atomic E-state index is 12.8. The highest BCUT2D eigenvalue weighted by molar-refractivity contribution is 5.96. The Morgan fingerprint density at radius 1 is 1.29 bits per heavy atom. The highest BCUT2D eigenvalue weighted by Crippen LogP contribution is 2.18. The molecule has 2 rings (SSSR count). The van der Waals surface area contributed by atoms with Crippen molar-refractivity contribution >= 4 is 11.9 Å². The maximum Gasteiger partial charge on any atom is 0.323 e. The lowest BCUT2D eigenvalue weighted by atomic mass is 10.2. The van der Waals surface area contributed by atoms with Crippen LogP contribution in [0.1, 0.15) is 29.4 Å². The molecule has 7 nitrogen and oxygen atoms in total. The normalized spacial score (nSPS) is 10.6. The minimum absolute atomic E-state index is 0.197. The van der Waals surface area contributed by atoms with Gasteiger partial charge in [0.15, 0.2) is 0 Å². The molecule has 0 bridgehead atoms. The first kappa shape index (κ1) is 17.7. The van der Waals surface area contributed by atoms with Gasteiger partial charge in [-0.15, -0.1) is 0 Å². The van der Waals surface area contributed by atoms with Gasteiger partial charge in [0.25, 0.3) is 5.91 Å². The summed E-state index contributed by atoms with van der Waals surface area (Å²) in [5.74, 6) is -1.39. The molecule has 0 fully saturated rings. The smallest absolute Gasteiger partial charge is 0.323 e. The Bertz CT molecular complexity index is 697. The average Bonchev–Trinajstić information content (AvgIpc) is 2.98. The molecule has 1 amide bonds. The summed E-state index contributed by atoms with van der Waals surface area (Å²) < 4.78 is 6.85. The number of hydrogen-bond donors (Lipinski definition) is 1. The van der Waals surface area contributed by atoms with E-state index < -0.39 is 5.97 Å². The first-order chi connectivity index (χ1) is 11.6. The second kappa shape index (κ2) is 8.26. The molecule has 7 heteroatoms. The zero-order valence-corrected chi connectivity index (χ0v) is 13.8. The van der Waals surface area contributed by atoms with Gasteiger partial charge >= 0.3 is 5.97 Å². The van der Waals surface area contributed by atoms with Gasteiger partial charge in [0.05, 0.1) is 29.7 Å². The van der Waals surface area contributed by atoms with E-state index in [1.54, 1.807) is 4.68 Å². The molecular formula is C17H21N3O4. The van der Waals surface area contributed by atoms with Crippen LogP contribution in [0.15, 0.2) is 36.5 Å². The summed E-state index contributed by atoms with van der Waals surface area (Å²) >= 11 is 0. The molecule has 1 heterocycles. The monoisotopic (exact) mass is 331 g/mol. The molecule has 0 spiro atoms. The number of carbonyl (C=O) groups excluding carboxylic acids is 1. The summed E-state index contributed by atoms with van der Waals surface area (Å²) in [5, 5.41) is 13.3. The van der Waals surface area contributed by atoms with Crippen LogP contribution in [0.2, 0.25) is 0 Å². The third kappa shape index (κ3) is 3.99. The number of hydrogen-bond acceptors (Lipinski definition) is 4. The molecule has 0 saturated heterocycles. The standard InChI is InChI=1S/C17H21N3O4/c1-3-9-19(11-16(21)22)17(23)14-10-18-20(15(14)12-24-2)13-7-5-4-6-8-13/h4-8,10H,3,9,11-12H2,1-2H3,(H,21,22). The summed E-state index contributed by atoms with van der Waals surface area (Å²) in [6.45, 7) is 2.12. The third-order valence-electron chi connectivity index (χ3n) is 3.49. The van der Waals surface area contributed by atoms with Gasteiger partial charge in [0, 0.05) is 13.7 Å². The number of aromatic nitrogens is 2. The zero-order valence-electron chi connectivity index (χ0n) is 13.8. The number of rotatable bonds is 8. The van der Waals surface area contributed by atoms with Gasteiger partial charge in [0.1, 0.15) is 6.54 Å². The van der Waals surface area contributed by atoms with E-state index in [0.29, 0.717) is 24.2 Å². The summed E-state index contributed by atoms with van der Waals surface area (Å²) in [6.07, 6.45) is 2.14. The lowest BCUT2D eigenvalue weighted by Gasteiger charge is -2.20. The Labute approximate surface area is 140 Å². The van der Waals surface area contributed by atoms with Gasteiger partial charge in [0.2, 0.25) is 0 Å². The fourth-order valence-corrected chi connectivity index (χ4v) is 2.48. The fourth-order valence-electron chi connectivity index (χ4n) is 2.48. The Balaban J connectivity index is 2.40. The summed E-state index contributed by atoms with van der Waals surface area (Å²) in [5.41, 5.74) is 1.76. The topological polar surface area (TPSA) is 84.7 Å². The van der Waals surface area contributed by atoms with Gasteiger partial charge in [-0.2, -0.15) is 5.10 Å². The predicted molar refractivity (Wildman–Crippen MR) is 88.1 cm³/mol. The molecule has 0 aliphatic rings. The van der Waals surface area contributed by atoms with Gasteiger partial charge in [-0.05, 0) is 18.6 Å². The van der Waals surface area contributed by atoms with E-state index in [1.165, 1.54) is 18.2 Å². The van der Waals surface area contributed by atoms with E-state index in [1.807, 2.05) is 37.3 Å². The number of benzene rings is 1. The summed E-state index contributed by atoms with van der Waals surface area (Å²) in [4.78, 5) is 25.1. The maximum absolute atomic E-state index is 12.8. The molecule has 128 valence electrons. The number of aliphatic carboxylic acids is 1. The molecule has 1 aromatic heterocycles. The minimum Gasteiger partial charge on any atom is -0.480 e. The number of carboxylic acid groups (broad SMARTS) is 1. The van der Waals surface area contributed by atoms with Crippen LogP contribution >= 0.6 is 0 Å². The number of para-hydroxylation sites is 1. The predicted octanol–water partition coefficient (Wildman–Crippen LogP) is 1.96. The number of ether oxygens (including phenoxy) is 1. The lowest BCUT2D eigenvalue weighted by molar-refractivity contribution is -0.137. The van der Waals surface area contributed by atoms with Gasteiger partial charge < -0.3 is 14.7 Å². The van der Waals surface area contributed by atoms with Gasteiger partial charge in [-0.25, -0.2) is 4.68 Å². The van der Waals surface area contributed by atoms with Crippen molar-refractivity contribution in [2.75, 3.05) is 20.2 Å². The zero-order chi connectivity index (χ0) is 17.5. The largest absolute Gasteiger partial charge is 0.480 e. The molecular weight excluding hydrogens is 310 g/mol. The van der Waals surface area contributed by atoms with Crippen molar-refractivity contribution in [3.05, 3.63) is 47.8 Å². The van der Waals surface area contributed by atoms with Gasteiger partial charge in [-0.3, -0.25) is 9.59 Å². The van der Waals surface area contributed by atoms with Crippen LogP contribution in [0.3, 0.4) is 0 Å². The highest BCUT2D eigenvalue weighted by Gasteiger charge is 2.24. The number of nitrogens with zero attached hydrogens (tertiary/aromatic N) is 3. The molecule has 0 radical (unpaired) electrons. The Hall–Kier alpha value is -2.67. The number of carboxylic acids is 1. The van der Waals surface area contributed by atoms with Crippen molar-refractivity contribution in [2.24, 2.45) is 0 Å². The Morgan fingerprint density at radius 2 is 2.00 bits per heavy atom. The average molecular weight is 331 g/mol. The summed E-state index contributed by atoms with van der Waals surface area (Å²) in [7, 11) is 1.54. The van der Waals surface area contributed by atoms with Crippen molar-refractivity contribution < 1.29 is 19.4 Å². The first-order valence-electron chi connectivity index (χ1n) is 7.70. The van der Waals surface area contributed by atoms with Crippen molar-refractivity contribution in [3.63, 3.8) is 0 Å². The van der Waals surface area contributed by atoms with Crippen LogP contribution in [0, 0.1) is 0 Å². The van der Waals surface area contributed by atoms with Crippen molar-refractivity contribution in [1.82, 2.24) is 14.7 Å². The third-order valence-corrected chi connectivity index (χ3v) is 3.49. The van der Waals surface area contributed by atoms with Crippen LogP contribution in [-0.2, 0) is 16.1 Å². The number of methoxy groups -OCH3 is 1. The second-order valence-corrected chi connectivity index (χ2v) is 5.31. The van der Waals surface area contributed by atoms with Crippen molar-refractivity contribution in [3.8, 4) is 5.69 Å².